The Morgan fingerprint density at radius 3 is 2.62 bits per heavy atom. The van der Waals surface area contributed by atoms with Gasteiger partial charge in [-0.2, -0.15) is 0 Å². The van der Waals surface area contributed by atoms with Crippen molar-refractivity contribution in [1.29, 1.82) is 0 Å². The molecule has 6 nitrogen and oxygen atoms in total. The molecule has 2 heterocycles. The molecule has 1 N–H and O–H groups in total. The molecule has 2 fully saturated rings. The van der Waals surface area contributed by atoms with Gasteiger partial charge in [-0.3, -0.25) is 4.79 Å². The summed E-state index contributed by atoms with van der Waals surface area (Å²) in [5, 5.41) is 3.30. The summed E-state index contributed by atoms with van der Waals surface area (Å²) in [4.78, 5) is 24.0. The van der Waals surface area contributed by atoms with Crippen molar-refractivity contribution in [3.63, 3.8) is 0 Å². The zero-order chi connectivity index (χ0) is 20.1. The molecular weight excluding hydrogens is 364 g/mol. The third kappa shape index (κ3) is 4.86. The minimum Gasteiger partial charge on any atom is -0.497 e. The fourth-order valence-corrected chi connectivity index (χ4v) is 4.40. The number of hydrogen-bond donors (Lipinski definition) is 1. The summed E-state index contributed by atoms with van der Waals surface area (Å²) < 4.78 is 5.23. The number of nitrogens with zero attached hydrogens (tertiary/aromatic N) is 3. The maximum Gasteiger partial charge on any atom is 0.225 e. The average molecular weight is 395 g/mol. The van der Waals surface area contributed by atoms with Crippen molar-refractivity contribution in [3.8, 4) is 17.0 Å². The molecule has 4 rings (SSSR count). The summed E-state index contributed by atoms with van der Waals surface area (Å²) in [5.41, 5.74) is 1.91. The van der Waals surface area contributed by atoms with Crippen LogP contribution in [0.2, 0.25) is 0 Å². The Kier molecular flexibility index (Phi) is 6.27. The summed E-state index contributed by atoms with van der Waals surface area (Å²) >= 11 is 0. The topological polar surface area (TPSA) is 67.3 Å². The Hall–Kier alpha value is -2.63. The van der Waals surface area contributed by atoms with Gasteiger partial charge in [-0.05, 0) is 49.9 Å². The highest BCUT2D eigenvalue weighted by atomic mass is 16.5. The molecule has 0 bridgehead atoms. The number of anilines is 1. The van der Waals surface area contributed by atoms with E-state index < -0.39 is 0 Å². The summed E-state index contributed by atoms with van der Waals surface area (Å²) in [6.07, 6.45) is 9.58. The molecule has 1 aromatic carbocycles. The minimum atomic E-state index is 0.0325. The second kappa shape index (κ2) is 9.25. The Labute approximate surface area is 172 Å². The fraction of sp³-hybridized carbons (Fsp3) is 0.522. The number of methoxy groups -OCH3 is 1. The normalized spacial score (nSPS) is 20.3. The van der Waals surface area contributed by atoms with Gasteiger partial charge >= 0.3 is 0 Å². The maximum absolute atomic E-state index is 12.8. The SMILES string of the molecule is COc1ccc(-c2cc(N3CCCC(C(=O)NC4CCCCC4)C3)ncn2)cc1. The molecule has 1 unspecified atom stereocenters. The van der Waals surface area contributed by atoms with E-state index in [1.54, 1.807) is 13.4 Å². The molecule has 2 aliphatic rings. The molecule has 1 saturated carbocycles. The van der Waals surface area contributed by atoms with E-state index in [1.807, 2.05) is 30.3 Å². The Bertz CT molecular complexity index is 818. The number of amides is 1. The fourth-order valence-electron chi connectivity index (χ4n) is 4.40. The highest BCUT2D eigenvalue weighted by Gasteiger charge is 2.28. The van der Waals surface area contributed by atoms with Gasteiger partial charge in [-0.1, -0.05) is 19.3 Å². The summed E-state index contributed by atoms with van der Waals surface area (Å²) in [6.45, 7) is 1.64. The zero-order valence-corrected chi connectivity index (χ0v) is 17.1. The Morgan fingerprint density at radius 2 is 1.86 bits per heavy atom. The van der Waals surface area contributed by atoms with E-state index in [4.69, 9.17) is 4.74 Å². The van der Waals surface area contributed by atoms with Gasteiger partial charge < -0.3 is 15.0 Å². The molecule has 29 heavy (non-hydrogen) atoms. The van der Waals surface area contributed by atoms with Crippen molar-refractivity contribution in [1.82, 2.24) is 15.3 Å². The number of carbonyl (C=O) groups excluding carboxylic acids is 1. The van der Waals surface area contributed by atoms with E-state index >= 15 is 0 Å². The van der Waals surface area contributed by atoms with Crippen LogP contribution in [0.25, 0.3) is 11.3 Å². The van der Waals surface area contributed by atoms with Crippen LogP contribution in [0, 0.1) is 5.92 Å². The molecule has 1 saturated heterocycles. The van der Waals surface area contributed by atoms with Crippen molar-refractivity contribution in [2.24, 2.45) is 5.92 Å². The standard InChI is InChI=1S/C23H30N4O2/c1-29-20-11-9-17(10-12-20)21-14-22(25-16-24-21)27-13-5-6-18(15-27)23(28)26-19-7-3-2-4-8-19/h9-12,14,16,18-19H,2-8,13,15H2,1H3,(H,26,28). The second-order valence-corrected chi connectivity index (χ2v) is 8.12. The molecule has 1 amide bonds. The quantitative estimate of drug-likeness (QED) is 0.835. The van der Waals surface area contributed by atoms with Crippen LogP contribution in [0.1, 0.15) is 44.9 Å². The molecule has 1 aromatic heterocycles. The van der Waals surface area contributed by atoms with Crippen LogP contribution in [0.4, 0.5) is 5.82 Å². The summed E-state index contributed by atoms with van der Waals surface area (Å²) in [6, 6.07) is 10.3. The van der Waals surface area contributed by atoms with E-state index in [0.717, 1.165) is 61.6 Å². The molecule has 1 aliphatic heterocycles. The van der Waals surface area contributed by atoms with Gasteiger partial charge in [-0.25, -0.2) is 9.97 Å². The first-order valence-corrected chi connectivity index (χ1v) is 10.7. The van der Waals surface area contributed by atoms with Crippen molar-refractivity contribution >= 4 is 11.7 Å². The number of rotatable bonds is 5. The van der Waals surface area contributed by atoms with Crippen molar-refractivity contribution in [3.05, 3.63) is 36.7 Å². The second-order valence-electron chi connectivity index (χ2n) is 8.12. The summed E-state index contributed by atoms with van der Waals surface area (Å²) in [5.74, 6) is 1.96. The smallest absolute Gasteiger partial charge is 0.225 e. The molecule has 1 aliphatic carbocycles. The molecular formula is C23H30N4O2. The van der Waals surface area contributed by atoms with Gasteiger partial charge in [0.2, 0.25) is 5.91 Å². The monoisotopic (exact) mass is 394 g/mol. The van der Waals surface area contributed by atoms with Crippen molar-refractivity contribution < 1.29 is 9.53 Å². The number of benzene rings is 1. The number of nitrogens with one attached hydrogen (secondary N) is 1. The number of piperidine rings is 1. The van der Waals surface area contributed by atoms with E-state index in [0.29, 0.717) is 6.04 Å². The maximum atomic E-state index is 12.8. The van der Waals surface area contributed by atoms with Gasteiger partial charge in [0.05, 0.1) is 18.7 Å². The third-order valence-electron chi connectivity index (χ3n) is 6.11. The highest BCUT2D eigenvalue weighted by Crippen LogP contribution is 2.27. The largest absolute Gasteiger partial charge is 0.497 e. The Morgan fingerprint density at radius 1 is 1.07 bits per heavy atom. The lowest BCUT2D eigenvalue weighted by molar-refractivity contribution is -0.126. The first-order chi connectivity index (χ1) is 14.2. The number of hydrogen-bond acceptors (Lipinski definition) is 5. The number of aromatic nitrogens is 2. The Balaban J connectivity index is 1.43. The van der Waals surface area contributed by atoms with Crippen LogP contribution in [-0.2, 0) is 4.79 Å². The van der Waals surface area contributed by atoms with Crippen LogP contribution in [0.5, 0.6) is 5.75 Å². The van der Waals surface area contributed by atoms with Crippen LogP contribution in [0.3, 0.4) is 0 Å². The van der Waals surface area contributed by atoms with Crippen LogP contribution in [0.15, 0.2) is 36.7 Å². The molecule has 1 atom stereocenters. The van der Waals surface area contributed by atoms with Crippen LogP contribution < -0.4 is 15.0 Å². The molecule has 0 radical (unpaired) electrons. The molecule has 0 spiro atoms. The molecule has 6 heteroatoms. The summed E-state index contributed by atoms with van der Waals surface area (Å²) in [7, 11) is 1.66. The first-order valence-electron chi connectivity index (χ1n) is 10.7. The van der Waals surface area contributed by atoms with Crippen LogP contribution in [-0.4, -0.2) is 42.1 Å². The van der Waals surface area contributed by atoms with Gasteiger partial charge in [0.15, 0.2) is 0 Å². The third-order valence-corrected chi connectivity index (χ3v) is 6.11. The lowest BCUT2D eigenvalue weighted by Crippen LogP contribution is -2.46. The lowest BCUT2D eigenvalue weighted by atomic mass is 9.93. The van der Waals surface area contributed by atoms with Crippen molar-refractivity contribution in [2.45, 2.75) is 51.0 Å². The van der Waals surface area contributed by atoms with E-state index in [1.165, 1.54) is 19.3 Å². The highest BCUT2D eigenvalue weighted by molar-refractivity contribution is 5.80. The van der Waals surface area contributed by atoms with E-state index in [-0.39, 0.29) is 11.8 Å². The van der Waals surface area contributed by atoms with Gasteiger partial charge in [0.25, 0.3) is 0 Å². The minimum absolute atomic E-state index is 0.0325. The van der Waals surface area contributed by atoms with E-state index in [9.17, 15) is 4.79 Å². The lowest BCUT2D eigenvalue weighted by Gasteiger charge is -2.34. The van der Waals surface area contributed by atoms with Crippen LogP contribution >= 0.6 is 0 Å². The first kappa shape index (κ1) is 19.7. The average Bonchev–Trinajstić information content (AvgIpc) is 2.80. The van der Waals surface area contributed by atoms with Gasteiger partial charge in [-0.15, -0.1) is 0 Å². The number of ether oxygens (including phenoxy) is 1. The van der Waals surface area contributed by atoms with E-state index in [2.05, 4.69) is 20.2 Å². The molecule has 154 valence electrons. The predicted molar refractivity (Wildman–Crippen MR) is 114 cm³/mol. The number of carbonyl (C=O) groups is 1. The van der Waals surface area contributed by atoms with Crippen molar-refractivity contribution in [2.75, 3.05) is 25.1 Å². The molecule has 2 aromatic rings. The van der Waals surface area contributed by atoms with Gasteiger partial charge in [0.1, 0.15) is 17.9 Å². The predicted octanol–water partition coefficient (Wildman–Crippen LogP) is 3.82. The van der Waals surface area contributed by atoms with Gasteiger partial charge in [0, 0.05) is 30.8 Å². The zero-order valence-electron chi connectivity index (χ0n) is 17.1.